The van der Waals surface area contributed by atoms with E-state index in [-0.39, 0.29) is 11.3 Å². The van der Waals surface area contributed by atoms with Crippen molar-refractivity contribution >= 4 is 21.8 Å². The molecular formula is C20H21BrN2O. The Bertz CT molecular complexity index is 766. The minimum Gasteiger partial charge on any atom is -0.351 e. The summed E-state index contributed by atoms with van der Waals surface area (Å²) >= 11 is 3.47. The summed E-state index contributed by atoms with van der Waals surface area (Å²) in [5, 5.41) is 6.53. The van der Waals surface area contributed by atoms with Crippen LogP contribution in [-0.2, 0) is 29.8 Å². The number of halogens is 1. The zero-order valence-electron chi connectivity index (χ0n) is 13.6. The van der Waals surface area contributed by atoms with Crippen LogP contribution in [0.2, 0.25) is 0 Å². The lowest BCUT2D eigenvalue weighted by atomic mass is 9.64. The van der Waals surface area contributed by atoms with Gasteiger partial charge in [0.25, 0.3) is 0 Å². The molecule has 24 heavy (non-hydrogen) atoms. The summed E-state index contributed by atoms with van der Waals surface area (Å²) in [6.07, 6.45) is 3.00. The van der Waals surface area contributed by atoms with Gasteiger partial charge in [0, 0.05) is 24.1 Å². The Morgan fingerprint density at radius 2 is 1.83 bits per heavy atom. The Labute approximate surface area is 151 Å². The lowest BCUT2D eigenvalue weighted by Crippen LogP contribution is -2.48. The summed E-state index contributed by atoms with van der Waals surface area (Å²) in [4.78, 5) is 12.9. The minimum atomic E-state index is -0.334. The van der Waals surface area contributed by atoms with Crippen LogP contribution in [0.1, 0.15) is 41.5 Å². The molecule has 0 radical (unpaired) electrons. The lowest BCUT2D eigenvalue weighted by molar-refractivity contribution is -0.130. The number of hydrogen-bond acceptors (Lipinski definition) is 2. The van der Waals surface area contributed by atoms with Crippen LogP contribution < -0.4 is 10.6 Å². The molecule has 0 saturated heterocycles. The van der Waals surface area contributed by atoms with Crippen LogP contribution in [0.4, 0.5) is 0 Å². The zero-order valence-corrected chi connectivity index (χ0v) is 15.2. The van der Waals surface area contributed by atoms with Gasteiger partial charge in [0.1, 0.15) is 0 Å². The Hall–Kier alpha value is -1.65. The average Bonchev–Trinajstić information content (AvgIpc) is 3.01. The quantitative estimate of drug-likeness (QED) is 0.841. The molecule has 2 N–H and O–H groups in total. The molecule has 124 valence electrons. The van der Waals surface area contributed by atoms with Crippen molar-refractivity contribution in [2.45, 2.75) is 44.3 Å². The van der Waals surface area contributed by atoms with Crippen LogP contribution in [-0.4, -0.2) is 5.91 Å². The standard InChI is InChI=1S/C20H21BrN2O/c21-18-6-4-17(5-7-18)20(8-1-9-20)19(24)23-11-14-2-3-15-12-22-13-16(15)10-14/h2-7,10,22H,1,8-9,11-13H2,(H,23,24). The van der Waals surface area contributed by atoms with Crippen LogP contribution in [0.3, 0.4) is 0 Å². The van der Waals surface area contributed by atoms with E-state index in [1.54, 1.807) is 0 Å². The fourth-order valence-corrected chi connectivity index (χ4v) is 4.02. The van der Waals surface area contributed by atoms with Crippen molar-refractivity contribution in [1.29, 1.82) is 0 Å². The first-order chi connectivity index (χ1) is 11.7. The Morgan fingerprint density at radius 3 is 2.54 bits per heavy atom. The molecule has 1 saturated carbocycles. The molecule has 1 aliphatic carbocycles. The predicted octanol–water partition coefficient (Wildman–Crippen LogP) is 3.79. The lowest BCUT2D eigenvalue weighted by Gasteiger charge is -2.40. The van der Waals surface area contributed by atoms with Crippen molar-refractivity contribution in [1.82, 2.24) is 10.6 Å². The second-order valence-corrected chi connectivity index (χ2v) is 7.75. The zero-order chi connectivity index (χ0) is 16.6. The highest BCUT2D eigenvalue weighted by Crippen LogP contribution is 2.44. The molecule has 0 unspecified atom stereocenters. The first-order valence-electron chi connectivity index (χ1n) is 8.53. The van der Waals surface area contributed by atoms with E-state index >= 15 is 0 Å². The largest absolute Gasteiger partial charge is 0.351 e. The van der Waals surface area contributed by atoms with Gasteiger partial charge < -0.3 is 10.6 Å². The topological polar surface area (TPSA) is 41.1 Å². The molecule has 1 aliphatic heterocycles. The van der Waals surface area contributed by atoms with Crippen LogP contribution in [0.15, 0.2) is 46.9 Å². The van der Waals surface area contributed by atoms with Crippen LogP contribution >= 0.6 is 15.9 Å². The van der Waals surface area contributed by atoms with Gasteiger partial charge in [0.2, 0.25) is 5.91 Å². The molecule has 1 heterocycles. The van der Waals surface area contributed by atoms with Crippen LogP contribution in [0.25, 0.3) is 0 Å². The number of carbonyl (C=O) groups is 1. The Kier molecular flexibility index (Phi) is 4.19. The maximum absolute atomic E-state index is 12.9. The smallest absolute Gasteiger partial charge is 0.230 e. The van der Waals surface area contributed by atoms with Crippen molar-refractivity contribution in [3.8, 4) is 0 Å². The molecule has 0 aromatic heterocycles. The summed E-state index contributed by atoms with van der Waals surface area (Å²) in [6, 6.07) is 14.7. The van der Waals surface area contributed by atoms with Gasteiger partial charge in [-0.3, -0.25) is 4.79 Å². The molecule has 1 amide bonds. The summed E-state index contributed by atoms with van der Waals surface area (Å²) < 4.78 is 1.05. The van der Waals surface area contributed by atoms with Gasteiger partial charge in [-0.1, -0.05) is 52.7 Å². The van der Waals surface area contributed by atoms with Gasteiger partial charge in [-0.2, -0.15) is 0 Å². The highest BCUT2D eigenvalue weighted by molar-refractivity contribution is 9.10. The number of benzene rings is 2. The van der Waals surface area contributed by atoms with E-state index in [2.05, 4.69) is 56.9 Å². The van der Waals surface area contributed by atoms with Crippen LogP contribution in [0.5, 0.6) is 0 Å². The second kappa shape index (κ2) is 6.34. The van der Waals surface area contributed by atoms with Gasteiger partial charge in [-0.15, -0.1) is 0 Å². The van der Waals surface area contributed by atoms with Crippen molar-refractivity contribution in [3.63, 3.8) is 0 Å². The van der Waals surface area contributed by atoms with Crippen molar-refractivity contribution < 1.29 is 4.79 Å². The van der Waals surface area contributed by atoms with Gasteiger partial charge in [-0.05, 0) is 47.2 Å². The normalized spacial score (nSPS) is 17.9. The summed E-state index contributed by atoms with van der Waals surface area (Å²) in [5.74, 6) is 0.162. The van der Waals surface area contributed by atoms with Crippen LogP contribution in [0, 0.1) is 0 Å². The Balaban J connectivity index is 1.47. The van der Waals surface area contributed by atoms with Gasteiger partial charge in [0.05, 0.1) is 5.41 Å². The third kappa shape index (κ3) is 2.78. The fourth-order valence-electron chi connectivity index (χ4n) is 3.76. The van der Waals surface area contributed by atoms with Gasteiger partial charge in [0.15, 0.2) is 0 Å². The van der Waals surface area contributed by atoms with E-state index in [9.17, 15) is 4.79 Å². The molecule has 4 heteroatoms. The molecule has 0 bridgehead atoms. The third-order valence-electron chi connectivity index (χ3n) is 5.39. The van der Waals surface area contributed by atoms with Crippen molar-refractivity contribution in [2.75, 3.05) is 0 Å². The van der Waals surface area contributed by atoms with Gasteiger partial charge >= 0.3 is 0 Å². The van der Waals surface area contributed by atoms with Crippen molar-refractivity contribution in [3.05, 3.63) is 69.2 Å². The first-order valence-corrected chi connectivity index (χ1v) is 9.32. The maximum Gasteiger partial charge on any atom is 0.230 e. The van der Waals surface area contributed by atoms with E-state index in [0.29, 0.717) is 6.54 Å². The molecule has 2 aliphatic rings. The highest BCUT2D eigenvalue weighted by Gasteiger charge is 2.45. The number of carbonyl (C=O) groups excluding carboxylic acids is 1. The third-order valence-corrected chi connectivity index (χ3v) is 5.92. The summed E-state index contributed by atoms with van der Waals surface area (Å²) in [7, 11) is 0. The molecule has 3 nitrogen and oxygen atoms in total. The first kappa shape index (κ1) is 15.9. The van der Waals surface area contributed by atoms with E-state index in [4.69, 9.17) is 0 Å². The molecule has 0 spiro atoms. The summed E-state index contributed by atoms with van der Waals surface area (Å²) in [5.41, 5.74) is 4.70. The summed E-state index contributed by atoms with van der Waals surface area (Å²) in [6.45, 7) is 2.49. The van der Waals surface area contributed by atoms with Gasteiger partial charge in [-0.25, -0.2) is 0 Å². The number of amides is 1. The SMILES string of the molecule is O=C(NCc1ccc2c(c1)CNC2)C1(c2ccc(Br)cc2)CCC1. The minimum absolute atomic E-state index is 0.162. The Morgan fingerprint density at radius 1 is 1.08 bits per heavy atom. The van der Waals surface area contributed by atoms with E-state index in [0.717, 1.165) is 42.4 Å². The molecule has 2 aromatic rings. The number of hydrogen-bond donors (Lipinski definition) is 2. The molecule has 2 aromatic carbocycles. The fraction of sp³-hybridized carbons (Fsp3) is 0.350. The highest BCUT2D eigenvalue weighted by atomic mass is 79.9. The maximum atomic E-state index is 12.9. The number of nitrogens with one attached hydrogen (secondary N) is 2. The van der Waals surface area contributed by atoms with Crippen molar-refractivity contribution in [2.24, 2.45) is 0 Å². The average molecular weight is 385 g/mol. The molecular weight excluding hydrogens is 364 g/mol. The molecule has 4 rings (SSSR count). The molecule has 0 atom stereocenters. The number of rotatable bonds is 4. The van der Waals surface area contributed by atoms with E-state index < -0.39 is 0 Å². The predicted molar refractivity (Wildman–Crippen MR) is 98.5 cm³/mol. The monoisotopic (exact) mass is 384 g/mol. The molecule has 1 fully saturated rings. The second-order valence-electron chi connectivity index (χ2n) is 6.83. The number of fused-ring (bicyclic) bond motifs is 1. The van der Waals surface area contributed by atoms with E-state index in [1.165, 1.54) is 16.7 Å². The van der Waals surface area contributed by atoms with E-state index in [1.807, 2.05) is 12.1 Å².